The van der Waals surface area contributed by atoms with Gasteiger partial charge in [0.1, 0.15) is 17.5 Å². The normalized spacial score (nSPS) is 12.2. The molecule has 0 aliphatic rings. The molecule has 2 N–H and O–H groups in total. The van der Waals surface area contributed by atoms with Gasteiger partial charge in [-0.2, -0.15) is 0 Å². The molecule has 134 valence electrons. The Morgan fingerprint density at radius 1 is 1.08 bits per heavy atom. The molecule has 5 nitrogen and oxygen atoms in total. The summed E-state index contributed by atoms with van der Waals surface area (Å²) < 4.78 is 45.3. The summed E-state index contributed by atoms with van der Waals surface area (Å²) in [7, 11) is 1.52. The van der Waals surface area contributed by atoms with Gasteiger partial charge in [-0.05, 0) is 43.3 Å². The average Bonchev–Trinajstić information content (AvgIpc) is 2.55. The van der Waals surface area contributed by atoms with Gasteiger partial charge in [0, 0.05) is 5.69 Å². The SMILES string of the molecule is COc1ccccc1N[C@H](C)C(=O)Nc1ccc(OC(F)(F)F)cc1. The number of rotatable bonds is 6. The van der Waals surface area contributed by atoms with Gasteiger partial charge in [0.15, 0.2) is 0 Å². The van der Waals surface area contributed by atoms with E-state index in [4.69, 9.17) is 4.74 Å². The van der Waals surface area contributed by atoms with E-state index in [1.54, 1.807) is 31.2 Å². The molecule has 1 atom stereocenters. The summed E-state index contributed by atoms with van der Waals surface area (Å²) in [5, 5.41) is 5.62. The van der Waals surface area contributed by atoms with Crippen LogP contribution in [-0.2, 0) is 4.79 Å². The molecule has 0 aromatic heterocycles. The zero-order valence-corrected chi connectivity index (χ0v) is 13.6. The van der Waals surface area contributed by atoms with Gasteiger partial charge in [0.25, 0.3) is 0 Å². The summed E-state index contributed by atoms with van der Waals surface area (Å²) in [6.07, 6.45) is -4.75. The largest absolute Gasteiger partial charge is 0.573 e. The molecule has 0 heterocycles. The number of hydrogen-bond donors (Lipinski definition) is 2. The van der Waals surface area contributed by atoms with Crippen molar-refractivity contribution in [2.75, 3.05) is 17.7 Å². The minimum Gasteiger partial charge on any atom is -0.495 e. The molecule has 0 bridgehead atoms. The van der Waals surface area contributed by atoms with Crippen LogP contribution in [0.3, 0.4) is 0 Å². The van der Waals surface area contributed by atoms with E-state index in [0.29, 0.717) is 17.1 Å². The van der Waals surface area contributed by atoms with Gasteiger partial charge >= 0.3 is 6.36 Å². The summed E-state index contributed by atoms with van der Waals surface area (Å²) in [5.41, 5.74) is 1.01. The standard InChI is InChI=1S/C17H17F3N2O3/c1-11(21-14-5-3-4-6-15(14)24-2)16(23)22-12-7-9-13(10-8-12)25-17(18,19)20/h3-11,21H,1-2H3,(H,22,23)/t11-/m1/s1. The molecule has 0 fully saturated rings. The van der Waals surface area contributed by atoms with E-state index in [1.165, 1.54) is 19.2 Å². The summed E-state index contributed by atoms with van der Waals surface area (Å²) in [6.45, 7) is 1.66. The van der Waals surface area contributed by atoms with E-state index < -0.39 is 12.4 Å². The van der Waals surface area contributed by atoms with Crippen LogP contribution < -0.4 is 20.1 Å². The number of amides is 1. The summed E-state index contributed by atoms with van der Waals surface area (Å²) in [5.74, 6) is -0.114. The van der Waals surface area contributed by atoms with Crippen molar-refractivity contribution in [2.45, 2.75) is 19.3 Å². The highest BCUT2D eigenvalue weighted by molar-refractivity contribution is 5.96. The molecule has 2 aromatic carbocycles. The minimum absolute atomic E-state index is 0.351. The van der Waals surface area contributed by atoms with E-state index in [2.05, 4.69) is 15.4 Å². The van der Waals surface area contributed by atoms with E-state index in [0.717, 1.165) is 12.1 Å². The Morgan fingerprint density at radius 2 is 1.72 bits per heavy atom. The van der Waals surface area contributed by atoms with Crippen LogP contribution in [0.25, 0.3) is 0 Å². The number of nitrogens with one attached hydrogen (secondary N) is 2. The number of hydrogen-bond acceptors (Lipinski definition) is 4. The Labute approximate surface area is 142 Å². The quantitative estimate of drug-likeness (QED) is 0.822. The zero-order valence-electron chi connectivity index (χ0n) is 13.6. The van der Waals surface area contributed by atoms with Crippen molar-refractivity contribution in [3.8, 4) is 11.5 Å². The zero-order chi connectivity index (χ0) is 18.4. The second kappa shape index (κ2) is 7.78. The highest BCUT2D eigenvalue weighted by Gasteiger charge is 2.31. The van der Waals surface area contributed by atoms with Crippen LogP contribution in [0, 0.1) is 0 Å². The van der Waals surface area contributed by atoms with Crippen molar-refractivity contribution in [3.05, 3.63) is 48.5 Å². The Balaban J connectivity index is 1.97. The van der Waals surface area contributed by atoms with Crippen LogP contribution in [0.1, 0.15) is 6.92 Å². The molecule has 0 unspecified atom stereocenters. The van der Waals surface area contributed by atoms with E-state index in [9.17, 15) is 18.0 Å². The second-order valence-corrected chi connectivity index (χ2v) is 5.13. The fraction of sp³-hybridized carbons (Fsp3) is 0.235. The predicted molar refractivity (Wildman–Crippen MR) is 87.8 cm³/mol. The number of ether oxygens (including phenoxy) is 2. The number of anilines is 2. The lowest BCUT2D eigenvalue weighted by Crippen LogP contribution is -2.32. The smallest absolute Gasteiger partial charge is 0.495 e. The van der Waals surface area contributed by atoms with Gasteiger partial charge < -0.3 is 20.1 Å². The van der Waals surface area contributed by atoms with Gasteiger partial charge in [-0.3, -0.25) is 4.79 Å². The van der Waals surface area contributed by atoms with Crippen LogP contribution >= 0.6 is 0 Å². The molecule has 2 aromatic rings. The van der Waals surface area contributed by atoms with Crippen molar-refractivity contribution in [1.29, 1.82) is 0 Å². The fourth-order valence-electron chi connectivity index (χ4n) is 2.05. The van der Waals surface area contributed by atoms with Gasteiger partial charge in [0.2, 0.25) is 5.91 Å². The first-order chi connectivity index (χ1) is 11.8. The first-order valence-electron chi connectivity index (χ1n) is 7.35. The Kier molecular flexibility index (Phi) is 5.74. The number of carbonyl (C=O) groups excluding carboxylic acids is 1. The fourth-order valence-corrected chi connectivity index (χ4v) is 2.05. The topological polar surface area (TPSA) is 59.6 Å². The highest BCUT2D eigenvalue weighted by atomic mass is 19.4. The molecule has 1 amide bonds. The third-order valence-electron chi connectivity index (χ3n) is 3.23. The number of carbonyl (C=O) groups is 1. The maximum absolute atomic E-state index is 12.2. The van der Waals surface area contributed by atoms with Crippen LogP contribution in [0.4, 0.5) is 24.5 Å². The molecule has 0 radical (unpaired) electrons. The van der Waals surface area contributed by atoms with Gasteiger partial charge in [-0.1, -0.05) is 12.1 Å². The maximum atomic E-state index is 12.2. The van der Waals surface area contributed by atoms with E-state index in [-0.39, 0.29) is 11.7 Å². The number of alkyl halides is 3. The monoisotopic (exact) mass is 354 g/mol. The lowest BCUT2D eigenvalue weighted by atomic mass is 10.2. The van der Waals surface area contributed by atoms with Crippen LogP contribution in [0.5, 0.6) is 11.5 Å². The molecular weight excluding hydrogens is 337 g/mol. The first-order valence-corrected chi connectivity index (χ1v) is 7.35. The number of para-hydroxylation sites is 2. The van der Waals surface area contributed by atoms with E-state index >= 15 is 0 Å². The molecule has 0 spiro atoms. The van der Waals surface area contributed by atoms with Crippen LogP contribution in [-0.4, -0.2) is 25.4 Å². The van der Waals surface area contributed by atoms with Crippen molar-refractivity contribution >= 4 is 17.3 Å². The Morgan fingerprint density at radius 3 is 2.32 bits per heavy atom. The second-order valence-electron chi connectivity index (χ2n) is 5.13. The molecule has 0 aliphatic carbocycles. The Hall–Kier alpha value is -2.90. The lowest BCUT2D eigenvalue weighted by Gasteiger charge is -2.17. The molecule has 0 saturated heterocycles. The van der Waals surface area contributed by atoms with Crippen molar-refractivity contribution < 1.29 is 27.4 Å². The molecule has 25 heavy (non-hydrogen) atoms. The molecule has 2 rings (SSSR count). The van der Waals surface area contributed by atoms with Crippen molar-refractivity contribution in [3.63, 3.8) is 0 Å². The summed E-state index contributed by atoms with van der Waals surface area (Å²) >= 11 is 0. The number of benzene rings is 2. The Bertz CT molecular complexity index is 718. The first kappa shape index (κ1) is 18.4. The summed E-state index contributed by atoms with van der Waals surface area (Å²) in [6, 6.07) is 11.4. The third-order valence-corrected chi connectivity index (χ3v) is 3.23. The maximum Gasteiger partial charge on any atom is 0.573 e. The average molecular weight is 354 g/mol. The highest BCUT2D eigenvalue weighted by Crippen LogP contribution is 2.25. The number of halogens is 3. The molecular formula is C17H17F3N2O3. The summed E-state index contributed by atoms with van der Waals surface area (Å²) in [4.78, 5) is 12.2. The molecule has 0 aliphatic heterocycles. The van der Waals surface area contributed by atoms with Crippen molar-refractivity contribution in [1.82, 2.24) is 0 Å². The third kappa shape index (κ3) is 5.59. The van der Waals surface area contributed by atoms with E-state index in [1.807, 2.05) is 0 Å². The minimum atomic E-state index is -4.75. The van der Waals surface area contributed by atoms with Crippen LogP contribution in [0.15, 0.2) is 48.5 Å². The predicted octanol–water partition coefficient (Wildman–Crippen LogP) is 4.03. The van der Waals surface area contributed by atoms with Gasteiger partial charge in [-0.15, -0.1) is 13.2 Å². The van der Waals surface area contributed by atoms with Gasteiger partial charge in [-0.25, -0.2) is 0 Å². The molecule has 0 saturated carbocycles. The molecule has 8 heteroatoms. The van der Waals surface area contributed by atoms with Crippen LogP contribution in [0.2, 0.25) is 0 Å². The number of methoxy groups -OCH3 is 1. The lowest BCUT2D eigenvalue weighted by molar-refractivity contribution is -0.274. The van der Waals surface area contributed by atoms with Crippen molar-refractivity contribution in [2.24, 2.45) is 0 Å². The van der Waals surface area contributed by atoms with Gasteiger partial charge in [0.05, 0.1) is 12.8 Å².